The molecule has 0 bridgehead atoms. The molecule has 31 heavy (non-hydrogen) atoms. The Bertz CT molecular complexity index is 1110. The average Bonchev–Trinajstić information content (AvgIpc) is 2.75. The van der Waals surface area contributed by atoms with Crippen LogP contribution in [0.3, 0.4) is 0 Å². The summed E-state index contributed by atoms with van der Waals surface area (Å²) < 4.78 is 10.7. The number of nitrogens with zero attached hydrogens (tertiary/aromatic N) is 2. The van der Waals surface area contributed by atoms with E-state index in [1.165, 1.54) is 25.3 Å². The summed E-state index contributed by atoms with van der Waals surface area (Å²) in [6, 6.07) is 8.64. The molecule has 158 valence electrons. The lowest BCUT2D eigenvalue weighted by atomic mass is 10.1. The molecule has 1 saturated heterocycles. The van der Waals surface area contributed by atoms with Crippen LogP contribution in [0.15, 0.2) is 60.7 Å². The van der Waals surface area contributed by atoms with Gasteiger partial charge in [-0.1, -0.05) is 18.7 Å². The maximum absolute atomic E-state index is 12.9. The molecular formula is C21H17N3O7. The smallest absolute Gasteiger partial charge is 0.335 e. The molecule has 1 heterocycles. The third-order valence-electron chi connectivity index (χ3n) is 4.28. The van der Waals surface area contributed by atoms with Gasteiger partial charge in [-0.2, -0.15) is 0 Å². The number of amides is 4. The lowest BCUT2D eigenvalue weighted by Crippen LogP contribution is -2.54. The van der Waals surface area contributed by atoms with Gasteiger partial charge in [-0.15, -0.1) is 0 Å². The van der Waals surface area contributed by atoms with Gasteiger partial charge in [0.15, 0.2) is 11.5 Å². The molecule has 1 aliphatic heterocycles. The molecule has 10 heteroatoms. The predicted molar refractivity (Wildman–Crippen MR) is 111 cm³/mol. The zero-order valence-electron chi connectivity index (χ0n) is 16.4. The van der Waals surface area contributed by atoms with Crippen LogP contribution < -0.4 is 19.7 Å². The Morgan fingerprint density at radius 1 is 1.13 bits per heavy atom. The normalized spacial score (nSPS) is 14.9. The zero-order valence-corrected chi connectivity index (χ0v) is 16.4. The van der Waals surface area contributed by atoms with Crippen LogP contribution in [0.25, 0.3) is 6.08 Å². The average molecular weight is 423 g/mol. The highest BCUT2D eigenvalue weighted by molar-refractivity contribution is 6.39. The van der Waals surface area contributed by atoms with E-state index in [2.05, 4.69) is 11.9 Å². The molecule has 10 nitrogen and oxygen atoms in total. The number of nitrogens with one attached hydrogen (secondary N) is 1. The molecule has 0 spiro atoms. The summed E-state index contributed by atoms with van der Waals surface area (Å²) in [4.78, 5) is 48.4. The first kappa shape index (κ1) is 21.2. The Morgan fingerprint density at radius 2 is 1.84 bits per heavy atom. The number of carbonyl (C=O) groups excluding carboxylic acids is 3. The van der Waals surface area contributed by atoms with Gasteiger partial charge in [0.25, 0.3) is 17.5 Å². The number of hydrogen-bond acceptors (Lipinski definition) is 7. The number of anilines is 1. The number of hydrogen-bond donors (Lipinski definition) is 1. The van der Waals surface area contributed by atoms with E-state index in [1.807, 2.05) is 0 Å². The molecule has 1 fully saturated rings. The van der Waals surface area contributed by atoms with Gasteiger partial charge in [-0.25, -0.2) is 9.69 Å². The summed E-state index contributed by atoms with van der Waals surface area (Å²) in [6.45, 7) is 3.84. The molecule has 0 unspecified atom stereocenters. The predicted octanol–water partition coefficient (Wildman–Crippen LogP) is 2.83. The van der Waals surface area contributed by atoms with Gasteiger partial charge in [0.2, 0.25) is 0 Å². The number of nitro benzene ring substituents is 1. The fourth-order valence-electron chi connectivity index (χ4n) is 2.82. The Labute approximate surface area is 176 Å². The van der Waals surface area contributed by atoms with Gasteiger partial charge in [-0.3, -0.25) is 25.0 Å². The molecule has 0 radical (unpaired) electrons. The third-order valence-corrected chi connectivity index (χ3v) is 4.28. The van der Waals surface area contributed by atoms with Crippen molar-refractivity contribution in [2.24, 2.45) is 0 Å². The highest BCUT2D eigenvalue weighted by atomic mass is 16.6. The Kier molecular flexibility index (Phi) is 6.10. The summed E-state index contributed by atoms with van der Waals surface area (Å²) in [5.41, 5.74) is 0.0441. The van der Waals surface area contributed by atoms with Crippen LogP contribution in [-0.2, 0) is 9.59 Å². The molecule has 0 aliphatic carbocycles. The first-order valence-corrected chi connectivity index (χ1v) is 8.93. The van der Waals surface area contributed by atoms with Crippen LogP contribution >= 0.6 is 0 Å². The number of rotatable bonds is 7. The minimum absolute atomic E-state index is 0.0808. The Balaban J connectivity index is 1.95. The summed E-state index contributed by atoms with van der Waals surface area (Å²) in [5.74, 6) is -0.900. The van der Waals surface area contributed by atoms with Crippen LogP contribution in [0, 0.1) is 10.1 Å². The van der Waals surface area contributed by atoms with Crippen LogP contribution in [0.5, 0.6) is 11.5 Å². The standard InChI is InChI=1S/C21H17N3O7/c1-3-10-31-17-9-4-13(12-18(17)30-2)11-16-19(25)22-21(27)23(20(16)26)14-5-7-15(8-6-14)24(28)29/h3-9,11-12H,1,10H2,2H3,(H,22,25,27)/b16-11-. The van der Waals surface area contributed by atoms with E-state index in [1.54, 1.807) is 24.3 Å². The van der Waals surface area contributed by atoms with Crippen molar-refractivity contribution in [1.82, 2.24) is 5.32 Å². The quantitative estimate of drug-likeness (QED) is 0.238. The second-order valence-electron chi connectivity index (χ2n) is 6.24. The van der Waals surface area contributed by atoms with E-state index in [4.69, 9.17) is 9.47 Å². The van der Waals surface area contributed by atoms with E-state index in [0.29, 0.717) is 17.1 Å². The van der Waals surface area contributed by atoms with Crippen molar-refractivity contribution in [3.8, 4) is 11.5 Å². The lowest BCUT2D eigenvalue weighted by molar-refractivity contribution is -0.384. The number of barbiturate groups is 1. The number of nitro groups is 1. The first-order chi connectivity index (χ1) is 14.8. The van der Waals surface area contributed by atoms with Crippen molar-refractivity contribution in [2.75, 3.05) is 18.6 Å². The van der Waals surface area contributed by atoms with Crippen LogP contribution in [0.2, 0.25) is 0 Å². The van der Waals surface area contributed by atoms with Gasteiger partial charge >= 0.3 is 6.03 Å². The van der Waals surface area contributed by atoms with Crippen molar-refractivity contribution in [1.29, 1.82) is 0 Å². The Morgan fingerprint density at radius 3 is 2.45 bits per heavy atom. The number of urea groups is 1. The van der Waals surface area contributed by atoms with Crippen LogP contribution in [0.1, 0.15) is 5.56 Å². The van der Waals surface area contributed by atoms with Crippen molar-refractivity contribution in [2.45, 2.75) is 0 Å². The van der Waals surface area contributed by atoms with Gasteiger partial charge in [0, 0.05) is 12.1 Å². The number of ether oxygens (including phenoxy) is 2. The molecular weight excluding hydrogens is 406 g/mol. The SMILES string of the molecule is C=CCOc1ccc(/C=C2/C(=O)NC(=O)N(c3ccc([N+](=O)[O-])cc3)C2=O)cc1OC. The van der Waals surface area contributed by atoms with Gasteiger partial charge in [0.1, 0.15) is 12.2 Å². The van der Waals surface area contributed by atoms with Crippen molar-refractivity contribution < 1.29 is 28.8 Å². The molecule has 0 saturated carbocycles. The van der Waals surface area contributed by atoms with Crippen molar-refractivity contribution in [3.05, 3.63) is 76.4 Å². The molecule has 2 aromatic carbocycles. The highest BCUT2D eigenvalue weighted by Crippen LogP contribution is 2.30. The van der Waals surface area contributed by atoms with E-state index < -0.39 is 22.8 Å². The minimum Gasteiger partial charge on any atom is -0.493 e. The number of imide groups is 2. The highest BCUT2D eigenvalue weighted by Gasteiger charge is 2.37. The summed E-state index contributed by atoms with van der Waals surface area (Å²) in [7, 11) is 1.44. The molecule has 3 rings (SSSR count). The van der Waals surface area contributed by atoms with Crippen LogP contribution in [0.4, 0.5) is 16.2 Å². The summed E-state index contributed by atoms with van der Waals surface area (Å²) >= 11 is 0. The molecule has 0 atom stereocenters. The fourth-order valence-corrected chi connectivity index (χ4v) is 2.82. The summed E-state index contributed by atoms with van der Waals surface area (Å²) in [5, 5.41) is 12.9. The number of benzene rings is 2. The lowest BCUT2D eigenvalue weighted by Gasteiger charge is -2.26. The minimum atomic E-state index is -0.952. The molecule has 1 aliphatic rings. The van der Waals surface area contributed by atoms with Crippen LogP contribution in [-0.4, -0.2) is 36.5 Å². The van der Waals surface area contributed by atoms with E-state index in [9.17, 15) is 24.5 Å². The third kappa shape index (κ3) is 4.42. The second kappa shape index (κ2) is 8.91. The van der Waals surface area contributed by atoms with Gasteiger partial charge in [-0.05, 0) is 35.9 Å². The monoisotopic (exact) mass is 423 g/mol. The van der Waals surface area contributed by atoms with Gasteiger partial charge < -0.3 is 9.47 Å². The molecule has 0 aromatic heterocycles. The summed E-state index contributed by atoms with van der Waals surface area (Å²) in [6.07, 6.45) is 2.88. The largest absolute Gasteiger partial charge is 0.493 e. The second-order valence-corrected chi connectivity index (χ2v) is 6.24. The van der Waals surface area contributed by atoms with Gasteiger partial charge in [0.05, 0.1) is 17.7 Å². The maximum atomic E-state index is 12.9. The number of non-ortho nitro benzene ring substituents is 1. The Hall–Kier alpha value is -4.47. The van der Waals surface area contributed by atoms with E-state index in [0.717, 1.165) is 17.0 Å². The van der Waals surface area contributed by atoms with Crippen molar-refractivity contribution in [3.63, 3.8) is 0 Å². The van der Waals surface area contributed by atoms with E-state index in [-0.39, 0.29) is 23.6 Å². The number of methoxy groups -OCH3 is 1. The maximum Gasteiger partial charge on any atom is 0.335 e. The zero-order chi connectivity index (χ0) is 22.5. The molecule has 4 amide bonds. The fraction of sp³-hybridized carbons (Fsp3) is 0.0952. The molecule has 2 aromatic rings. The van der Waals surface area contributed by atoms with E-state index >= 15 is 0 Å². The van der Waals surface area contributed by atoms with Crippen molar-refractivity contribution >= 4 is 35.3 Å². The first-order valence-electron chi connectivity index (χ1n) is 8.93. The number of carbonyl (C=O) groups is 3. The molecule has 1 N–H and O–H groups in total. The topological polar surface area (TPSA) is 128 Å².